The van der Waals surface area contributed by atoms with Crippen molar-refractivity contribution >= 4 is 11.6 Å². The summed E-state index contributed by atoms with van der Waals surface area (Å²) >= 11 is 0. The summed E-state index contributed by atoms with van der Waals surface area (Å²) in [4.78, 5) is 26.0. The standard InChI is InChI=1S/C20H22N4O3/c1-22-19(15-7-4-9-16(12-15)24(26)27)17(13-21-22)20(25)23-11-5-8-14-6-2-3-10-18(14)23/h4,7,9-10,12-14H,2-3,5-6,8,11H2,1H3. The topological polar surface area (TPSA) is 81.3 Å². The molecule has 27 heavy (non-hydrogen) atoms. The molecule has 0 bridgehead atoms. The number of fused-ring (bicyclic) bond motifs is 1. The summed E-state index contributed by atoms with van der Waals surface area (Å²) in [6.45, 7) is 0.713. The molecule has 2 aromatic rings. The van der Waals surface area contributed by atoms with E-state index in [-0.39, 0.29) is 11.6 Å². The molecule has 0 saturated carbocycles. The third-order valence-corrected chi connectivity index (χ3v) is 5.52. The van der Waals surface area contributed by atoms with Gasteiger partial charge in [-0.1, -0.05) is 18.2 Å². The van der Waals surface area contributed by atoms with Crippen LogP contribution in [0.3, 0.4) is 0 Å². The van der Waals surface area contributed by atoms with Gasteiger partial charge in [0.05, 0.1) is 22.4 Å². The van der Waals surface area contributed by atoms with E-state index in [4.69, 9.17) is 0 Å². The van der Waals surface area contributed by atoms with Gasteiger partial charge in [-0.2, -0.15) is 5.10 Å². The van der Waals surface area contributed by atoms with Crippen molar-refractivity contribution in [2.75, 3.05) is 6.54 Å². The number of rotatable bonds is 3. The number of hydrogen-bond acceptors (Lipinski definition) is 4. The second-order valence-corrected chi connectivity index (χ2v) is 7.19. The number of nitro benzene ring substituents is 1. The van der Waals surface area contributed by atoms with Gasteiger partial charge in [-0.05, 0) is 38.0 Å². The van der Waals surface area contributed by atoms with E-state index in [2.05, 4.69) is 11.2 Å². The molecular formula is C20H22N4O3. The van der Waals surface area contributed by atoms with Crippen molar-refractivity contribution in [3.63, 3.8) is 0 Å². The number of hydrogen-bond donors (Lipinski definition) is 0. The first-order chi connectivity index (χ1) is 13.1. The maximum absolute atomic E-state index is 13.4. The second-order valence-electron chi connectivity index (χ2n) is 7.19. The normalized spacial score (nSPS) is 19.4. The number of aromatic nitrogens is 2. The summed E-state index contributed by atoms with van der Waals surface area (Å²) in [5, 5.41) is 15.4. The smallest absolute Gasteiger partial charge is 0.270 e. The van der Waals surface area contributed by atoms with E-state index < -0.39 is 4.92 Å². The van der Waals surface area contributed by atoms with E-state index in [1.807, 2.05) is 4.90 Å². The summed E-state index contributed by atoms with van der Waals surface area (Å²) in [7, 11) is 1.75. The first kappa shape index (κ1) is 17.5. The van der Waals surface area contributed by atoms with Gasteiger partial charge in [0.2, 0.25) is 0 Å². The zero-order chi connectivity index (χ0) is 19.0. The summed E-state index contributed by atoms with van der Waals surface area (Å²) in [5.74, 6) is 0.400. The maximum Gasteiger partial charge on any atom is 0.270 e. The predicted octanol–water partition coefficient (Wildman–Crippen LogP) is 3.92. The molecule has 1 atom stereocenters. The molecule has 0 spiro atoms. The molecule has 4 rings (SSSR count). The minimum atomic E-state index is -0.427. The largest absolute Gasteiger partial charge is 0.312 e. The highest BCUT2D eigenvalue weighted by Gasteiger charge is 2.32. The Kier molecular flexibility index (Phi) is 4.51. The number of benzene rings is 1. The molecule has 7 heteroatoms. The first-order valence-corrected chi connectivity index (χ1v) is 9.35. The van der Waals surface area contributed by atoms with Gasteiger partial charge in [0.25, 0.3) is 11.6 Å². The number of likely N-dealkylation sites (tertiary alicyclic amines) is 1. The van der Waals surface area contributed by atoms with Crippen LogP contribution in [0.2, 0.25) is 0 Å². The number of amides is 1. The lowest BCUT2D eigenvalue weighted by molar-refractivity contribution is -0.384. The molecule has 0 radical (unpaired) electrons. The number of carbonyl (C=O) groups is 1. The summed E-state index contributed by atoms with van der Waals surface area (Å²) in [6.07, 6.45) is 9.25. The molecule has 1 aliphatic heterocycles. The van der Waals surface area contributed by atoms with Crippen molar-refractivity contribution in [2.24, 2.45) is 13.0 Å². The Morgan fingerprint density at radius 2 is 2.11 bits per heavy atom. The molecule has 1 fully saturated rings. The third-order valence-electron chi connectivity index (χ3n) is 5.52. The Labute approximate surface area is 157 Å². The van der Waals surface area contributed by atoms with Crippen LogP contribution >= 0.6 is 0 Å². The van der Waals surface area contributed by atoms with Crippen LogP contribution in [0.5, 0.6) is 0 Å². The van der Waals surface area contributed by atoms with E-state index in [1.54, 1.807) is 30.1 Å². The quantitative estimate of drug-likeness (QED) is 0.609. The Bertz CT molecular complexity index is 931. The van der Waals surface area contributed by atoms with Gasteiger partial charge < -0.3 is 4.90 Å². The SMILES string of the molecule is Cn1ncc(C(=O)N2CCCC3CCCC=C32)c1-c1cccc([N+](=O)[O-])c1. The van der Waals surface area contributed by atoms with Crippen LogP contribution in [0, 0.1) is 16.0 Å². The second kappa shape index (κ2) is 6.98. The van der Waals surface area contributed by atoms with Gasteiger partial charge in [-0.15, -0.1) is 0 Å². The first-order valence-electron chi connectivity index (χ1n) is 9.35. The zero-order valence-electron chi connectivity index (χ0n) is 15.3. The van der Waals surface area contributed by atoms with E-state index in [1.165, 1.54) is 18.6 Å². The van der Waals surface area contributed by atoms with Crippen molar-refractivity contribution < 1.29 is 9.72 Å². The Morgan fingerprint density at radius 3 is 2.93 bits per heavy atom. The van der Waals surface area contributed by atoms with E-state index in [0.29, 0.717) is 29.3 Å². The van der Waals surface area contributed by atoms with Crippen LogP contribution in [0.4, 0.5) is 5.69 Å². The highest BCUT2D eigenvalue weighted by Crippen LogP contribution is 2.37. The molecule has 2 aliphatic rings. The zero-order valence-corrected chi connectivity index (χ0v) is 15.3. The lowest BCUT2D eigenvalue weighted by Crippen LogP contribution is -2.39. The molecule has 1 aliphatic carbocycles. The van der Waals surface area contributed by atoms with Gasteiger partial charge in [0.15, 0.2) is 0 Å². The van der Waals surface area contributed by atoms with Crippen molar-refractivity contribution in [1.82, 2.24) is 14.7 Å². The maximum atomic E-state index is 13.4. The number of nitro groups is 1. The Hall–Kier alpha value is -2.96. The predicted molar refractivity (Wildman–Crippen MR) is 101 cm³/mol. The van der Waals surface area contributed by atoms with E-state index in [0.717, 1.165) is 31.4 Å². The third kappa shape index (κ3) is 3.13. The van der Waals surface area contributed by atoms with Gasteiger partial charge in [0.1, 0.15) is 0 Å². The fourth-order valence-electron chi connectivity index (χ4n) is 4.24. The Morgan fingerprint density at radius 1 is 1.30 bits per heavy atom. The fraction of sp³-hybridized carbons (Fsp3) is 0.400. The number of carbonyl (C=O) groups excluding carboxylic acids is 1. The number of nitrogens with zero attached hydrogens (tertiary/aromatic N) is 4. The molecule has 1 aromatic heterocycles. The molecule has 1 unspecified atom stereocenters. The molecular weight excluding hydrogens is 344 g/mol. The molecule has 1 aromatic carbocycles. The molecule has 2 heterocycles. The minimum Gasteiger partial charge on any atom is -0.312 e. The van der Waals surface area contributed by atoms with E-state index in [9.17, 15) is 14.9 Å². The van der Waals surface area contributed by atoms with Crippen LogP contribution < -0.4 is 0 Å². The van der Waals surface area contributed by atoms with Crippen molar-refractivity contribution in [1.29, 1.82) is 0 Å². The average molecular weight is 366 g/mol. The summed E-state index contributed by atoms with van der Waals surface area (Å²) < 4.78 is 1.61. The van der Waals surface area contributed by atoms with Crippen LogP contribution in [-0.2, 0) is 7.05 Å². The van der Waals surface area contributed by atoms with E-state index >= 15 is 0 Å². The molecule has 1 saturated heterocycles. The summed E-state index contributed by atoms with van der Waals surface area (Å²) in [6, 6.07) is 6.35. The average Bonchev–Trinajstić information content (AvgIpc) is 3.08. The highest BCUT2D eigenvalue weighted by molar-refractivity contribution is 6.01. The number of piperidine rings is 1. The summed E-state index contributed by atoms with van der Waals surface area (Å²) in [5.41, 5.74) is 2.87. The molecule has 140 valence electrons. The highest BCUT2D eigenvalue weighted by atomic mass is 16.6. The lowest BCUT2D eigenvalue weighted by atomic mass is 9.84. The van der Waals surface area contributed by atoms with Crippen LogP contribution in [0.1, 0.15) is 42.5 Å². The minimum absolute atomic E-state index is 0.000115. The van der Waals surface area contributed by atoms with Crippen LogP contribution in [-0.4, -0.2) is 32.1 Å². The van der Waals surface area contributed by atoms with Gasteiger partial charge in [-0.3, -0.25) is 19.6 Å². The van der Waals surface area contributed by atoms with Crippen LogP contribution in [0.25, 0.3) is 11.3 Å². The Balaban J connectivity index is 1.73. The number of aryl methyl sites for hydroxylation is 1. The number of non-ortho nitro benzene ring substituents is 1. The van der Waals surface area contributed by atoms with Gasteiger partial charge >= 0.3 is 0 Å². The fourth-order valence-corrected chi connectivity index (χ4v) is 4.24. The van der Waals surface area contributed by atoms with Crippen molar-refractivity contribution in [3.05, 3.63) is 57.9 Å². The van der Waals surface area contributed by atoms with Crippen molar-refractivity contribution in [3.8, 4) is 11.3 Å². The van der Waals surface area contributed by atoms with Gasteiger partial charge in [0, 0.05) is 37.0 Å². The molecule has 7 nitrogen and oxygen atoms in total. The monoisotopic (exact) mass is 366 g/mol. The number of allylic oxidation sites excluding steroid dienone is 2. The lowest BCUT2D eigenvalue weighted by Gasteiger charge is -2.38. The molecule has 1 amide bonds. The van der Waals surface area contributed by atoms with Gasteiger partial charge in [-0.25, -0.2) is 0 Å². The van der Waals surface area contributed by atoms with Crippen LogP contribution in [0.15, 0.2) is 42.2 Å². The van der Waals surface area contributed by atoms with Crippen molar-refractivity contribution in [2.45, 2.75) is 32.1 Å². The molecule has 0 N–H and O–H groups in total.